The van der Waals surface area contributed by atoms with Gasteiger partial charge in [-0.05, 0) is 23.3 Å². The molecule has 0 aliphatic heterocycles. The topological polar surface area (TPSA) is 84.9 Å². The van der Waals surface area contributed by atoms with Crippen molar-refractivity contribution in [1.29, 1.82) is 0 Å². The fourth-order valence-electron chi connectivity index (χ4n) is 1.97. The van der Waals surface area contributed by atoms with Crippen LogP contribution in [-0.4, -0.2) is 24.3 Å². The third-order valence-corrected chi connectivity index (χ3v) is 3.17. The lowest BCUT2D eigenvalue weighted by Gasteiger charge is -2.15. The van der Waals surface area contributed by atoms with E-state index in [0.717, 1.165) is 5.56 Å². The van der Waals surface area contributed by atoms with Crippen molar-refractivity contribution in [2.75, 3.05) is 7.11 Å². The molecule has 0 aromatic heterocycles. The maximum Gasteiger partial charge on any atom is 0.408 e. The molecular weight excluding hydrogens is 298 g/mol. The van der Waals surface area contributed by atoms with E-state index in [4.69, 9.17) is 9.47 Å². The molecule has 0 saturated carbocycles. The second kappa shape index (κ2) is 7.84. The van der Waals surface area contributed by atoms with Gasteiger partial charge in [0.15, 0.2) is 6.04 Å². The Morgan fingerprint density at radius 1 is 1.09 bits per heavy atom. The van der Waals surface area contributed by atoms with Gasteiger partial charge >= 0.3 is 12.1 Å². The van der Waals surface area contributed by atoms with Crippen LogP contribution in [0.15, 0.2) is 54.6 Å². The van der Waals surface area contributed by atoms with Gasteiger partial charge in [0, 0.05) is 0 Å². The number of methoxy groups -OCH3 is 1. The Hall–Kier alpha value is -3.02. The number of ether oxygens (including phenoxy) is 2. The summed E-state index contributed by atoms with van der Waals surface area (Å²) in [5.74, 6) is -0.573. The van der Waals surface area contributed by atoms with E-state index in [1.807, 2.05) is 30.3 Å². The fourth-order valence-corrected chi connectivity index (χ4v) is 1.97. The second-order valence-electron chi connectivity index (χ2n) is 4.75. The molecule has 0 aliphatic rings. The number of carboxylic acids is 1. The van der Waals surface area contributed by atoms with E-state index in [9.17, 15) is 14.7 Å². The van der Waals surface area contributed by atoms with E-state index in [1.165, 1.54) is 7.11 Å². The Bertz CT molecular complexity index is 654. The van der Waals surface area contributed by atoms with Crippen LogP contribution in [0.25, 0.3) is 0 Å². The summed E-state index contributed by atoms with van der Waals surface area (Å²) in [6, 6.07) is 14.4. The maximum atomic E-state index is 11.8. The van der Waals surface area contributed by atoms with Crippen LogP contribution in [0.5, 0.6) is 5.75 Å². The molecule has 1 unspecified atom stereocenters. The van der Waals surface area contributed by atoms with Crippen LogP contribution in [0.2, 0.25) is 0 Å². The zero-order valence-electron chi connectivity index (χ0n) is 12.6. The fraction of sp³-hybridized carbons (Fsp3) is 0.176. The van der Waals surface area contributed by atoms with Crippen LogP contribution in [0.4, 0.5) is 4.79 Å². The number of alkyl carbamates (subject to hydrolysis) is 1. The van der Waals surface area contributed by atoms with E-state index in [2.05, 4.69) is 5.32 Å². The molecule has 1 amide bonds. The first-order chi connectivity index (χ1) is 11.1. The summed E-state index contributed by atoms with van der Waals surface area (Å²) < 4.78 is 10.1. The Morgan fingerprint density at radius 3 is 2.30 bits per heavy atom. The largest absolute Gasteiger partial charge is 0.497 e. The van der Waals surface area contributed by atoms with Crippen molar-refractivity contribution < 1.29 is 24.2 Å². The normalized spacial score (nSPS) is 11.3. The van der Waals surface area contributed by atoms with Crippen molar-refractivity contribution in [2.45, 2.75) is 12.6 Å². The number of carboxylic acid groups (broad SMARTS) is 1. The van der Waals surface area contributed by atoms with Gasteiger partial charge in [-0.3, -0.25) is 0 Å². The average molecular weight is 315 g/mol. The van der Waals surface area contributed by atoms with Crippen molar-refractivity contribution in [3.63, 3.8) is 0 Å². The number of hydrogen-bond donors (Lipinski definition) is 2. The van der Waals surface area contributed by atoms with Crippen LogP contribution >= 0.6 is 0 Å². The minimum Gasteiger partial charge on any atom is -0.497 e. The van der Waals surface area contributed by atoms with Gasteiger partial charge in [-0.15, -0.1) is 0 Å². The number of aliphatic carboxylic acids is 1. The molecule has 2 rings (SSSR count). The molecule has 1 atom stereocenters. The zero-order valence-corrected chi connectivity index (χ0v) is 12.6. The van der Waals surface area contributed by atoms with Crippen molar-refractivity contribution >= 4 is 12.1 Å². The van der Waals surface area contributed by atoms with Crippen molar-refractivity contribution in [2.24, 2.45) is 0 Å². The number of carbonyl (C=O) groups excluding carboxylic acids is 1. The highest BCUT2D eigenvalue weighted by molar-refractivity contribution is 5.81. The minimum atomic E-state index is -1.19. The van der Waals surface area contributed by atoms with Crippen LogP contribution < -0.4 is 10.1 Å². The Kier molecular flexibility index (Phi) is 5.57. The van der Waals surface area contributed by atoms with Gasteiger partial charge in [0.25, 0.3) is 0 Å². The summed E-state index contributed by atoms with van der Waals surface area (Å²) in [5.41, 5.74) is 1.24. The number of nitrogens with one attached hydrogen (secondary N) is 1. The summed E-state index contributed by atoms with van der Waals surface area (Å²) in [7, 11) is 1.52. The first-order valence-corrected chi connectivity index (χ1v) is 6.94. The summed E-state index contributed by atoms with van der Waals surface area (Å²) in [4.78, 5) is 23.2. The van der Waals surface area contributed by atoms with Gasteiger partial charge in [-0.25, -0.2) is 9.59 Å². The molecule has 0 heterocycles. The molecule has 6 heteroatoms. The van der Waals surface area contributed by atoms with Gasteiger partial charge in [0.05, 0.1) is 7.11 Å². The summed E-state index contributed by atoms with van der Waals surface area (Å²) >= 11 is 0. The predicted molar refractivity (Wildman–Crippen MR) is 83.1 cm³/mol. The number of amides is 1. The highest BCUT2D eigenvalue weighted by atomic mass is 16.5. The van der Waals surface area contributed by atoms with Crippen LogP contribution in [0.1, 0.15) is 17.2 Å². The second-order valence-corrected chi connectivity index (χ2v) is 4.75. The number of benzene rings is 2. The molecule has 2 aromatic carbocycles. The number of rotatable bonds is 6. The lowest BCUT2D eigenvalue weighted by Crippen LogP contribution is -2.34. The van der Waals surface area contributed by atoms with E-state index in [-0.39, 0.29) is 6.61 Å². The number of carbonyl (C=O) groups is 2. The van der Waals surface area contributed by atoms with Crippen LogP contribution in [-0.2, 0) is 16.1 Å². The van der Waals surface area contributed by atoms with E-state index in [0.29, 0.717) is 11.3 Å². The SMILES string of the molecule is COc1ccc(C(NC(=O)OCc2ccccc2)C(=O)O)cc1. The number of hydrogen-bond acceptors (Lipinski definition) is 4. The molecular formula is C17H17NO5. The average Bonchev–Trinajstić information content (AvgIpc) is 2.58. The monoisotopic (exact) mass is 315 g/mol. The smallest absolute Gasteiger partial charge is 0.408 e. The quantitative estimate of drug-likeness (QED) is 0.856. The molecule has 0 aliphatic carbocycles. The van der Waals surface area contributed by atoms with Gasteiger partial charge < -0.3 is 19.9 Å². The summed E-state index contributed by atoms with van der Waals surface area (Å²) in [5, 5.41) is 11.6. The Balaban J connectivity index is 1.98. The lowest BCUT2D eigenvalue weighted by atomic mass is 10.1. The maximum absolute atomic E-state index is 11.8. The zero-order chi connectivity index (χ0) is 16.7. The molecule has 0 fully saturated rings. The van der Waals surface area contributed by atoms with Gasteiger partial charge in [0.1, 0.15) is 12.4 Å². The van der Waals surface area contributed by atoms with Crippen molar-refractivity contribution in [3.05, 3.63) is 65.7 Å². The predicted octanol–water partition coefficient (Wildman–Crippen LogP) is 2.75. The molecule has 2 N–H and O–H groups in total. The lowest BCUT2D eigenvalue weighted by molar-refractivity contribution is -0.139. The standard InChI is InChI=1S/C17H17NO5/c1-22-14-9-7-13(8-10-14)15(16(19)20)18-17(21)23-11-12-5-3-2-4-6-12/h2-10,15H,11H2,1H3,(H,18,21)(H,19,20). The minimum absolute atomic E-state index is 0.0711. The third-order valence-electron chi connectivity index (χ3n) is 3.17. The van der Waals surface area contributed by atoms with Gasteiger partial charge in [-0.1, -0.05) is 42.5 Å². The molecule has 2 aromatic rings. The first-order valence-electron chi connectivity index (χ1n) is 6.94. The highest BCUT2D eigenvalue weighted by Gasteiger charge is 2.22. The van der Waals surface area contributed by atoms with Gasteiger partial charge in [0.2, 0.25) is 0 Å². The summed E-state index contributed by atoms with van der Waals surface area (Å²) in [6.07, 6.45) is -0.794. The molecule has 0 spiro atoms. The summed E-state index contributed by atoms with van der Waals surface area (Å²) in [6.45, 7) is 0.0711. The Labute approximate surface area is 133 Å². The van der Waals surface area contributed by atoms with Gasteiger partial charge in [-0.2, -0.15) is 0 Å². The third kappa shape index (κ3) is 4.74. The van der Waals surface area contributed by atoms with Crippen molar-refractivity contribution in [3.8, 4) is 5.75 Å². The molecule has 23 heavy (non-hydrogen) atoms. The van der Waals surface area contributed by atoms with E-state index in [1.54, 1.807) is 24.3 Å². The van der Waals surface area contributed by atoms with E-state index >= 15 is 0 Å². The Morgan fingerprint density at radius 2 is 1.74 bits per heavy atom. The first kappa shape index (κ1) is 16.4. The van der Waals surface area contributed by atoms with Crippen LogP contribution in [0, 0.1) is 0 Å². The molecule has 0 radical (unpaired) electrons. The molecule has 6 nitrogen and oxygen atoms in total. The van der Waals surface area contributed by atoms with Crippen molar-refractivity contribution in [1.82, 2.24) is 5.32 Å². The van der Waals surface area contributed by atoms with Crippen LogP contribution in [0.3, 0.4) is 0 Å². The van der Waals surface area contributed by atoms with E-state index < -0.39 is 18.1 Å². The molecule has 120 valence electrons. The molecule has 0 saturated heterocycles. The molecule has 0 bridgehead atoms. The highest BCUT2D eigenvalue weighted by Crippen LogP contribution is 2.18.